The van der Waals surface area contributed by atoms with E-state index in [4.69, 9.17) is 0 Å². The van der Waals surface area contributed by atoms with Crippen LogP contribution in [-0.2, 0) is 4.79 Å². The average Bonchev–Trinajstić information content (AvgIpc) is 2.37. The van der Waals surface area contributed by atoms with Crippen molar-refractivity contribution < 1.29 is 18.9 Å². The maximum Gasteiger partial charge on any atom is 0.270 e. The molecule has 7 nitrogen and oxygen atoms in total. The van der Waals surface area contributed by atoms with E-state index >= 15 is 0 Å². The second-order valence-corrected chi connectivity index (χ2v) is 4.65. The van der Waals surface area contributed by atoms with Crippen LogP contribution < -0.4 is 10.6 Å². The Morgan fingerprint density at radius 3 is 2.62 bits per heavy atom. The molecule has 1 aromatic carbocycles. The first-order valence-corrected chi connectivity index (χ1v) is 6.32. The Balaban J connectivity index is 2.62. The third kappa shape index (κ3) is 5.17. The molecule has 0 bridgehead atoms. The van der Waals surface area contributed by atoms with Gasteiger partial charge in [-0.15, -0.1) is 0 Å². The average molecular weight is 297 g/mol. The minimum Gasteiger partial charge on any atom is -0.354 e. The van der Waals surface area contributed by atoms with Crippen molar-refractivity contribution in [3.63, 3.8) is 0 Å². The smallest absolute Gasteiger partial charge is 0.270 e. The van der Waals surface area contributed by atoms with Crippen molar-refractivity contribution in [3.8, 4) is 0 Å². The lowest BCUT2D eigenvalue weighted by atomic mass is 10.1. The molecule has 0 unspecified atom stereocenters. The van der Waals surface area contributed by atoms with Crippen LogP contribution in [0.1, 0.15) is 30.6 Å². The molecular formula is C13H16FN3O4. The zero-order chi connectivity index (χ0) is 16.0. The molecular weight excluding hydrogens is 281 g/mol. The molecule has 0 heterocycles. The predicted octanol–water partition coefficient (Wildman–Crippen LogP) is 1.38. The fourth-order valence-electron chi connectivity index (χ4n) is 1.58. The maximum absolute atomic E-state index is 13.5. The van der Waals surface area contributed by atoms with Gasteiger partial charge in [-0.25, -0.2) is 4.39 Å². The first kappa shape index (κ1) is 16.5. The highest BCUT2D eigenvalue weighted by molar-refractivity contribution is 5.95. The number of nitro groups is 1. The fraction of sp³-hybridized carbons (Fsp3) is 0.385. The van der Waals surface area contributed by atoms with E-state index in [0.717, 1.165) is 18.2 Å². The van der Waals surface area contributed by atoms with Gasteiger partial charge in [0.15, 0.2) is 0 Å². The standard InChI is InChI=1S/C13H16FN3O4/c1-8(2)16-12(18)5-6-15-13(19)10-7-9(17(20)21)3-4-11(10)14/h3-4,7-8H,5-6H2,1-2H3,(H,15,19)(H,16,18). The minimum atomic E-state index is -0.857. The topological polar surface area (TPSA) is 101 Å². The number of rotatable bonds is 6. The summed E-state index contributed by atoms with van der Waals surface area (Å²) >= 11 is 0. The van der Waals surface area contributed by atoms with Gasteiger partial charge in [-0.05, 0) is 19.9 Å². The molecule has 0 saturated carbocycles. The molecule has 0 aliphatic rings. The quantitative estimate of drug-likeness (QED) is 0.611. The lowest BCUT2D eigenvalue weighted by Gasteiger charge is -2.09. The number of carbonyl (C=O) groups is 2. The number of benzene rings is 1. The number of non-ortho nitro benzene ring substituents is 1. The summed E-state index contributed by atoms with van der Waals surface area (Å²) in [6, 6.07) is 2.68. The molecule has 2 N–H and O–H groups in total. The summed E-state index contributed by atoms with van der Waals surface area (Å²) in [6.07, 6.45) is 0.0421. The molecule has 0 aromatic heterocycles. The molecule has 0 aliphatic heterocycles. The highest BCUT2D eigenvalue weighted by Gasteiger charge is 2.16. The third-order valence-corrected chi connectivity index (χ3v) is 2.49. The number of nitro benzene ring substituents is 1. The van der Waals surface area contributed by atoms with Gasteiger partial charge in [0.25, 0.3) is 11.6 Å². The Morgan fingerprint density at radius 1 is 1.38 bits per heavy atom. The molecule has 0 saturated heterocycles. The van der Waals surface area contributed by atoms with E-state index in [1.54, 1.807) is 13.8 Å². The van der Waals surface area contributed by atoms with Crippen molar-refractivity contribution in [2.75, 3.05) is 6.54 Å². The van der Waals surface area contributed by atoms with Crippen molar-refractivity contribution >= 4 is 17.5 Å². The van der Waals surface area contributed by atoms with Crippen LogP contribution in [0.5, 0.6) is 0 Å². The van der Waals surface area contributed by atoms with Crippen LogP contribution in [0, 0.1) is 15.9 Å². The fourth-order valence-corrected chi connectivity index (χ4v) is 1.58. The molecule has 0 aliphatic carbocycles. The monoisotopic (exact) mass is 297 g/mol. The van der Waals surface area contributed by atoms with Gasteiger partial charge in [-0.2, -0.15) is 0 Å². The highest BCUT2D eigenvalue weighted by atomic mass is 19.1. The van der Waals surface area contributed by atoms with Gasteiger partial charge in [-0.1, -0.05) is 0 Å². The van der Waals surface area contributed by atoms with Gasteiger partial charge in [0.05, 0.1) is 10.5 Å². The van der Waals surface area contributed by atoms with Gasteiger partial charge >= 0.3 is 0 Å². The maximum atomic E-state index is 13.5. The van der Waals surface area contributed by atoms with Crippen LogP contribution in [0.2, 0.25) is 0 Å². The molecule has 0 atom stereocenters. The van der Waals surface area contributed by atoms with E-state index in [0.29, 0.717) is 0 Å². The van der Waals surface area contributed by atoms with E-state index in [1.165, 1.54) is 0 Å². The van der Waals surface area contributed by atoms with E-state index in [-0.39, 0.29) is 30.6 Å². The number of hydrogen-bond donors (Lipinski definition) is 2. The molecule has 2 amide bonds. The molecule has 0 radical (unpaired) electrons. The summed E-state index contributed by atoms with van der Waals surface area (Å²) in [7, 11) is 0. The van der Waals surface area contributed by atoms with E-state index < -0.39 is 22.2 Å². The summed E-state index contributed by atoms with van der Waals surface area (Å²) in [6.45, 7) is 3.61. The molecule has 8 heteroatoms. The van der Waals surface area contributed by atoms with Crippen LogP contribution >= 0.6 is 0 Å². The van der Waals surface area contributed by atoms with Gasteiger partial charge in [-0.3, -0.25) is 19.7 Å². The molecule has 1 aromatic rings. The second-order valence-electron chi connectivity index (χ2n) is 4.65. The zero-order valence-corrected chi connectivity index (χ0v) is 11.7. The van der Waals surface area contributed by atoms with Crippen molar-refractivity contribution in [2.24, 2.45) is 0 Å². The predicted molar refractivity (Wildman–Crippen MR) is 73.3 cm³/mol. The third-order valence-electron chi connectivity index (χ3n) is 2.49. The number of amides is 2. The van der Waals surface area contributed by atoms with Crippen LogP contribution in [-0.4, -0.2) is 29.3 Å². The summed E-state index contributed by atoms with van der Waals surface area (Å²) < 4.78 is 13.5. The van der Waals surface area contributed by atoms with Crippen molar-refractivity contribution in [1.29, 1.82) is 0 Å². The van der Waals surface area contributed by atoms with Gasteiger partial charge in [0.2, 0.25) is 5.91 Å². The SMILES string of the molecule is CC(C)NC(=O)CCNC(=O)c1cc([N+](=O)[O-])ccc1F. The van der Waals surface area contributed by atoms with Gasteiger partial charge in [0, 0.05) is 31.1 Å². The molecule has 1 rings (SSSR count). The number of hydrogen-bond acceptors (Lipinski definition) is 4. The Morgan fingerprint density at radius 2 is 2.05 bits per heavy atom. The first-order chi connectivity index (χ1) is 9.81. The first-order valence-electron chi connectivity index (χ1n) is 6.32. The summed E-state index contributed by atoms with van der Waals surface area (Å²) in [5.41, 5.74) is -0.799. The van der Waals surface area contributed by atoms with Gasteiger partial charge < -0.3 is 10.6 Å². The Kier molecular flexibility index (Phi) is 5.77. The Bertz CT molecular complexity index is 560. The largest absolute Gasteiger partial charge is 0.354 e. The van der Waals surface area contributed by atoms with Crippen LogP contribution in [0.15, 0.2) is 18.2 Å². The van der Waals surface area contributed by atoms with Crippen LogP contribution in [0.4, 0.5) is 10.1 Å². The van der Waals surface area contributed by atoms with Crippen molar-refractivity contribution in [1.82, 2.24) is 10.6 Å². The van der Waals surface area contributed by atoms with Crippen molar-refractivity contribution in [2.45, 2.75) is 26.3 Å². The second kappa shape index (κ2) is 7.32. The number of nitrogens with zero attached hydrogens (tertiary/aromatic N) is 1. The van der Waals surface area contributed by atoms with Crippen LogP contribution in [0.25, 0.3) is 0 Å². The summed E-state index contributed by atoms with van der Waals surface area (Å²) in [5.74, 6) is -1.90. The normalized spacial score (nSPS) is 10.3. The summed E-state index contributed by atoms with van der Waals surface area (Å²) in [5, 5.41) is 15.6. The van der Waals surface area contributed by atoms with Gasteiger partial charge in [0.1, 0.15) is 5.82 Å². The molecule has 21 heavy (non-hydrogen) atoms. The van der Waals surface area contributed by atoms with E-state index in [1.807, 2.05) is 0 Å². The van der Waals surface area contributed by atoms with Crippen molar-refractivity contribution in [3.05, 3.63) is 39.7 Å². The number of halogens is 1. The number of nitrogens with one attached hydrogen (secondary N) is 2. The van der Waals surface area contributed by atoms with Crippen LogP contribution in [0.3, 0.4) is 0 Å². The molecule has 0 fully saturated rings. The lowest BCUT2D eigenvalue weighted by molar-refractivity contribution is -0.384. The van der Waals surface area contributed by atoms with E-state index in [2.05, 4.69) is 10.6 Å². The summed E-state index contributed by atoms with van der Waals surface area (Å²) in [4.78, 5) is 33.0. The molecule has 0 spiro atoms. The number of carbonyl (C=O) groups excluding carboxylic acids is 2. The minimum absolute atomic E-state index is 0.0116. The molecule has 114 valence electrons. The Hall–Kier alpha value is -2.51. The Labute approximate surface area is 120 Å². The van der Waals surface area contributed by atoms with E-state index in [9.17, 15) is 24.1 Å². The highest BCUT2D eigenvalue weighted by Crippen LogP contribution is 2.16. The lowest BCUT2D eigenvalue weighted by Crippen LogP contribution is -2.34. The zero-order valence-electron chi connectivity index (χ0n) is 11.7.